The second kappa shape index (κ2) is 13.7. The smallest absolute Gasteiger partial charge is 0.312 e. The predicted molar refractivity (Wildman–Crippen MR) is 152 cm³/mol. The van der Waals surface area contributed by atoms with Crippen molar-refractivity contribution in [2.45, 2.75) is 112 Å². The van der Waals surface area contributed by atoms with Crippen LogP contribution in [0.3, 0.4) is 0 Å². The summed E-state index contributed by atoms with van der Waals surface area (Å²) in [6.45, 7) is 21.6. The summed E-state index contributed by atoms with van der Waals surface area (Å²) in [5.41, 5.74) is 5.66. The molecule has 3 N–H and O–H groups in total. The first-order valence-electron chi connectivity index (χ1n) is 13.8. The minimum Gasteiger partial charge on any atom is -0.463 e. The van der Waals surface area contributed by atoms with Gasteiger partial charge in [0.25, 0.3) is 0 Å². The molecule has 0 aliphatic rings. The molecule has 6 heteroatoms. The fourth-order valence-corrected chi connectivity index (χ4v) is 4.20. The van der Waals surface area contributed by atoms with E-state index in [1.54, 1.807) is 0 Å². The quantitative estimate of drug-likeness (QED) is 0.200. The van der Waals surface area contributed by atoms with E-state index in [4.69, 9.17) is 15.2 Å². The van der Waals surface area contributed by atoms with E-state index >= 15 is 0 Å². The molecule has 212 valence electrons. The van der Waals surface area contributed by atoms with Crippen LogP contribution in [0, 0.1) is 16.7 Å². The number of esters is 1. The molecule has 0 bridgehead atoms. The SMILES string of the molecule is CC(C)C(CC(C)(C)C(C)(C)C(=O)OCCNC(=O)CCC(C)(C)OCCC(C)(C)N)c1ccccc1. The number of nitrogens with two attached hydrogens (primary N) is 1. The molecule has 37 heavy (non-hydrogen) atoms. The molecule has 6 nitrogen and oxygen atoms in total. The van der Waals surface area contributed by atoms with Crippen LogP contribution >= 0.6 is 0 Å². The zero-order valence-electron chi connectivity index (χ0n) is 25.2. The van der Waals surface area contributed by atoms with E-state index in [1.165, 1.54) is 5.56 Å². The number of hydrogen-bond donors (Lipinski definition) is 2. The molecule has 1 amide bonds. The lowest BCUT2D eigenvalue weighted by Gasteiger charge is -2.42. The monoisotopic (exact) mass is 518 g/mol. The van der Waals surface area contributed by atoms with Crippen LogP contribution < -0.4 is 11.1 Å². The molecule has 0 radical (unpaired) electrons. The summed E-state index contributed by atoms with van der Waals surface area (Å²) >= 11 is 0. The zero-order chi connectivity index (χ0) is 28.5. The summed E-state index contributed by atoms with van der Waals surface area (Å²) in [5.74, 6) is 0.484. The fraction of sp³-hybridized carbons (Fsp3) is 0.742. The molecule has 1 atom stereocenters. The number of benzene rings is 1. The van der Waals surface area contributed by atoms with Gasteiger partial charge in [-0.15, -0.1) is 0 Å². The summed E-state index contributed by atoms with van der Waals surface area (Å²) in [6.07, 6.45) is 2.57. The molecule has 0 aromatic heterocycles. The number of nitrogens with one attached hydrogen (secondary N) is 1. The molecular weight excluding hydrogens is 464 g/mol. The molecule has 1 unspecified atom stereocenters. The van der Waals surface area contributed by atoms with Crippen molar-refractivity contribution < 1.29 is 19.1 Å². The highest BCUT2D eigenvalue weighted by Gasteiger charge is 2.45. The van der Waals surface area contributed by atoms with Gasteiger partial charge >= 0.3 is 5.97 Å². The minimum atomic E-state index is -0.682. The van der Waals surface area contributed by atoms with Gasteiger partial charge in [-0.2, -0.15) is 0 Å². The average Bonchev–Trinajstić information content (AvgIpc) is 2.78. The third kappa shape index (κ3) is 11.6. The molecule has 1 aromatic carbocycles. The second-order valence-electron chi connectivity index (χ2n) is 13.3. The summed E-state index contributed by atoms with van der Waals surface area (Å²) in [6, 6.07) is 10.5. The summed E-state index contributed by atoms with van der Waals surface area (Å²) < 4.78 is 11.6. The summed E-state index contributed by atoms with van der Waals surface area (Å²) in [5, 5.41) is 2.86. The summed E-state index contributed by atoms with van der Waals surface area (Å²) in [4.78, 5) is 25.4. The Kier molecular flexibility index (Phi) is 12.3. The van der Waals surface area contributed by atoms with Gasteiger partial charge in [0.05, 0.1) is 17.6 Å². The highest BCUT2D eigenvalue weighted by Crippen LogP contribution is 2.47. The van der Waals surface area contributed by atoms with Gasteiger partial charge in [0.15, 0.2) is 0 Å². The van der Waals surface area contributed by atoms with Gasteiger partial charge in [-0.3, -0.25) is 9.59 Å². The Labute approximate surface area is 226 Å². The molecule has 0 saturated heterocycles. The Hall–Kier alpha value is -1.92. The lowest BCUT2D eigenvalue weighted by Crippen LogP contribution is -2.43. The Morgan fingerprint density at radius 1 is 0.919 bits per heavy atom. The van der Waals surface area contributed by atoms with Crippen LogP contribution in [0.5, 0.6) is 0 Å². The van der Waals surface area contributed by atoms with Crippen LogP contribution in [0.2, 0.25) is 0 Å². The Morgan fingerprint density at radius 2 is 1.51 bits per heavy atom. The first-order valence-corrected chi connectivity index (χ1v) is 13.8. The Bertz CT molecular complexity index is 839. The van der Waals surface area contributed by atoms with Crippen LogP contribution in [0.1, 0.15) is 106 Å². The summed E-state index contributed by atoms with van der Waals surface area (Å²) in [7, 11) is 0. The molecule has 0 aliphatic carbocycles. The van der Waals surface area contributed by atoms with E-state index < -0.39 is 11.0 Å². The molecule has 0 aliphatic heterocycles. The first-order chi connectivity index (χ1) is 16.9. The van der Waals surface area contributed by atoms with Crippen molar-refractivity contribution in [2.24, 2.45) is 22.5 Å². The molecule has 1 rings (SSSR count). The van der Waals surface area contributed by atoms with E-state index in [-0.39, 0.29) is 29.4 Å². The van der Waals surface area contributed by atoms with E-state index in [1.807, 2.05) is 47.6 Å². The number of amides is 1. The van der Waals surface area contributed by atoms with Gasteiger partial charge in [-0.05, 0) is 83.6 Å². The highest BCUT2D eigenvalue weighted by atomic mass is 16.5. The van der Waals surface area contributed by atoms with Crippen molar-refractivity contribution in [3.8, 4) is 0 Å². The van der Waals surface area contributed by atoms with Crippen molar-refractivity contribution in [3.63, 3.8) is 0 Å². The van der Waals surface area contributed by atoms with E-state index in [0.717, 1.165) is 12.8 Å². The topological polar surface area (TPSA) is 90.6 Å². The van der Waals surface area contributed by atoms with Crippen LogP contribution in [0.15, 0.2) is 30.3 Å². The molecule has 1 aromatic rings. The third-order valence-corrected chi connectivity index (χ3v) is 7.82. The van der Waals surface area contributed by atoms with Crippen molar-refractivity contribution in [3.05, 3.63) is 35.9 Å². The molecule has 0 heterocycles. The van der Waals surface area contributed by atoms with Crippen molar-refractivity contribution >= 4 is 11.9 Å². The van der Waals surface area contributed by atoms with Crippen LogP contribution in [0.4, 0.5) is 0 Å². The van der Waals surface area contributed by atoms with Crippen molar-refractivity contribution in [2.75, 3.05) is 19.8 Å². The average molecular weight is 519 g/mol. The Balaban J connectivity index is 2.52. The number of carbonyl (C=O) groups excluding carboxylic acids is 2. The maximum Gasteiger partial charge on any atom is 0.312 e. The van der Waals surface area contributed by atoms with Gasteiger partial charge < -0.3 is 20.5 Å². The number of ether oxygens (including phenoxy) is 2. The molecule has 0 fully saturated rings. The Morgan fingerprint density at radius 3 is 2.05 bits per heavy atom. The predicted octanol–water partition coefficient (Wildman–Crippen LogP) is 6.23. The normalized spacial score (nSPS) is 13.9. The van der Waals surface area contributed by atoms with Crippen molar-refractivity contribution in [1.82, 2.24) is 5.32 Å². The van der Waals surface area contributed by atoms with Crippen LogP contribution in [-0.2, 0) is 19.1 Å². The number of carbonyl (C=O) groups is 2. The maximum absolute atomic E-state index is 13.1. The van der Waals surface area contributed by atoms with Crippen LogP contribution in [-0.4, -0.2) is 42.8 Å². The molecule has 0 saturated carbocycles. The minimum absolute atomic E-state index is 0.0749. The van der Waals surface area contributed by atoms with Gasteiger partial charge in [0.1, 0.15) is 6.61 Å². The number of rotatable bonds is 16. The lowest BCUT2D eigenvalue weighted by molar-refractivity contribution is -0.161. The zero-order valence-corrected chi connectivity index (χ0v) is 25.2. The highest BCUT2D eigenvalue weighted by molar-refractivity contribution is 5.77. The van der Waals surface area contributed by atoms with Gasteiger partial charge in [0, 0.05) is 18.6 Å². The van der Waals surface area contributed by atoms with Gasteiger partial charge in [-0.1, -0.05) is 58.0 Å². The second-order valence-corrected chi connectivity index (χ2v) is 13.3. The first kappa shape index (κ1) is 33.1. The third-order valence-electron chi connectivity index (χ3n) is 7.82. The molecule has 0 spiro atoms. The standard InChI is InChI=1S/C31H54N2O4/c1-23(2)25(24-14-12-11-13-15-24)22-28(3,4)31(9,10)27(35)36-21-19-33-26(34)16-17-30(7,8)37-20-18-29(5,6)32/h11-15,23,25H,16-22,32H2,1-10H3,(H,33,34). The molecular formula is C31H54N2O4. The maximum atomic E-state index is 13.1. The van der Waals surface area contributed by atoms with Crippen LogP contribution in [0.25, 0.3) is 0 Å². The van der Waals surface area contributed by atoms with E-state index in [2.05, 4.69) is 57.3 Å². The van der Waals surface area contributed by atoms with Gasteiger partial charge in [-0.25, -0.2) is 0 Å². The largest absolute Gasteiger partial charge is 0.463 e. The number of hydrogen-bond acceptors (Lipinski definition) is 5. The fourth-order valence-electron chi connectivity index (χ4n) is 4.20. The van der Waals surface area contributed by atoms with E-state index in [0.29, 0.717) is 37.8 Å². The van der Waals surface area contributed by atoms with Crippen molar-refractivity contribution in [1.29, 1.82) is 0 Å². The van der Waals surface area contributed by atoms with Gasteiger partial charge in [0.2, 0.25) is 5.91 Å². The lowest BCUT2D eigenvalue weighted by atomic mass is 9.62. The van der Waals surface area contributed by atoms with E-state index in [9.17, 15) is 9.59 Å².